The lowest BCUT2D eigenvalue weighted by Crippen LogP contribution is -2.53. The highest BCUT2D eigenvalue weighted by molar-refractivity contribution is 7.86. The molecule has 0 unspecified atom stereocenters. The molecule has 1 heterocycles. The summed E-state index contributed by atoms with van der Waals surface area (Å²) in [5, 5.41) is 0. The molecular weight excluding hydrogens is 370 g/mol. The van der Waals surface area contributed by atoms with E-state index in [0.717, 1.165) is 6.54 Å². The number of hydrogen-bond acceptors (Lipinski definition) is 6. The molecule has 0 radical (unpaired) electrons. The van der Waals surface area contributed by atoms with E-state index in [0.29, 0.717) is 57.2 Å². The van der Waals surface area contributed by atoms with Crippen LogP contribution >= 0.6 is 0 Å². The molecule has 0 spiro atoms. The maximum atomic E-state index is 12.5. The van der Waals surface area contributed by atoms with Gasteiger partial charge >= 0.3 is 5.97 Å². The standard InChI is InChI=1S/C18H29N3O5S/c1-4-20(5-2)27(23,24)21-12-10-19(11-13-21)14-15-26-17-8-6-16(7-9-17)18(22)25-3/h6-9H,4-5,10-15H2,1-3H3. The Kier molecular flexibility index (Phi) is 8.03. The van der Waals surface area contributed by atoms with E-state index < -0.39 is 10.2 Å². The predicted octanol–water partition coefficient (Wildman–Crippen LogP) is 1.06. The van der Waals surface area contributed by atoms with Gasteiger partial charge in [-0.05, 0) is 24.3 Å². The van der Waals surface area contributed by atoms with Crippen LogP contribution in [0.1, 0.15) is 24.2 Å². The number of ether oxygens (including phenoxy) is 2. The van der Waals surface area contributed by atoms with Gasteiger partial charge < -0.3 is 9.47 Å². The molecule has 1 aliphatic heterocycles. The molecular formula is C18H29N3O5S. The third-order valence-electron chi connectivity index (χ3n) is 4.64. The lowest BCUT2D eigenvalue weighted by Gasteiger charge is -2.36. The van der Waals surface area contributed by atoms with Crippen LogP contribution in [0, 0.1) is 0 Å². The summed E-state index contributed by atoms with van der Waals surface area (Å²) in [5.74, 6) is 0.310. The van der Waals surface area contributed by atoms with Crippen LogP contribution < -0.4 is 4.74 Å². The summed E-state index contributed by atoms with van der Waals surface area (Å²) in [4.78, 5) is 13.6. The zero-order valence-corrected chi connectivity index (χ0v) is 17.1. The van der Waals surface area contributed by atoms with E-state index in [9.17, 15) is 13.2 Å². The molecule has 152 valence electrons. The van der Waals surface area contributed by atoms with Crippen molar-refractivity contribution in [1.29, 1.82) is 0 Å². The van der Waals surface area contributed by atoms with Crippen molar-refractivity contribution in [2.24, 2.45) is 0 Å². The Balaban J connectivity index is 1.76. The number of esters is 1. The van der Waals surface area contributed by atoms with Gasteiger partial charge in [0.15, 0.2) is 0 Å². The molecule has 1 aliphatic rings. The first kappa shape index (κ1) is 21.6. The summed E-state index contributed by atoms with van der Waals surface area (Å²) < 4.78 is 38.5. The molecule has 0 saturated carbocycles. The Morgan fingerprint density at radius 1 is 1.07 bits per heavy atom. The van der Waals surface area contributed by atoms with Gasteiger partial charge in [-0.3, -0.25) is 4.90 Å². The van der Waals surface area contributed by atoms with E-state index in [2.05, 4.69) is 9.64 Å². The van der Waals surface area contributed by atoms with Crippen LogP contribution in [-0.2, 0) is 14.9 Å². The Morgan fingerprint density at radius 2 is 1.67 bits per heavy atom. The number of carbonyl (C=O) groups excluding carboxylic acids is 1. The Labute approximate surface area is 161 Å². The zero-order chi connectivity index (χ0) is 19.9. The largest absolute Gasteiger partial charge is 0.492 e. The normalized spacial score (nSPS) is 16.4. The average Bonchev–Trinajstić information content (AvgIpc) is 2.69. The van der Waals surface area contributed by atoms with Gasteiger partial charge in [0.2, 0.25) is 0 Å². The van der Waals surface area contributed by atoms with E-state index >= 15 is 0 Å². The summed E-state index contributed by atoms with van der Waals surface area (Å²) in [5.41, 5.74) is 0.482. The molecule has 1 saturated heterocycles. The number of rotatable bonds is 9. The van der Waals surface area contributed by atoms with Gasteiger partial charge in [-0.15, -0.1) is 0 Å². The van der Waals surface area contributed by atoms with E-state index in [1.165, 1.54) is 11.4 Å². The third kappa shape index (κ3) is 5.65. The highest BCUT2D eigenvalue weighted by atomic mass is 32.2. The number of methoxy groups -OCH3 is 1. The Hall–Kier alpha value is -1.68. The molecule has 8 nitrogen and oxygen atoms in total. The maximum absolute atomic E-state index is 12.5. The van der Waals surface area contributed by atoms with Gasteiger partial charge in [0, 0.05) is 45.8 Å². The van der Waals surface area contributed by atoms with Crippen molar-refractivity contribution >= 4 is 16.2 Å². The van der Waals surface area contributed by atoms with Crippen LogP contribution in [0.3, 0.4) is 0 Å². The second-order valence-electron chi connectivity index (χ2n) is 6.20. The fraction of sp³-hybridized carbons (Fsp3) is 0.611. The molecule has 0 bridgehead atoms. The first-order valence-electron chi connectivity index (χ1n) is 9.21. The second-order valence-corrected chi connectivity index (χ2v) is 8.13. The highest BCUT2D eigenvalue weighted by Crippen LogP contribution is 2.14. The van der Waals surface area contributed by atoms with E-state index in [4.69, 9.17) is 4.74 Å². The van der Waals surface area contributed by atoms with Gasteiger partial charge in [0.1, 0.15) is 12.4 Å². The fourth-order valence-corrected chi connectivity index (χ4v) is 4.60. The van der Waals surface area contributed by atoms with Crippen LogP contribution in [0.25, 0.3) is 0 Å². The van der Waals surface area contributed by atoms with Crippen LogP contribution in [-0.4, -0.2) is 87.4 Å². The summed E-state index contributed by atoms with van der Waals surface area (Å²) in [6.07, 6.45) is 0. The van der Waals surface area contributed by atoms with Crippen molar-refractivity contribution < 1.29 is 22.7 Å². The number of benzene rings is 1. The summed E-state index contributed by atoms with van der Waals surface area (Å²) in [6.45, 7) is 8.26. The first-order chi connectivity index (χ1) is 12.9. The molecule has 0 N–H and O–H groups in total. The van der Waals surface area contributed by atoms with Crippen molar-refractivity contribution in [3.63, 3.8) is 0 Å². The van der Waals surface area contributed by atoms with Gasteiger partial charge in [0.05, 0.1) is 12.7 Å². The Bertz CT molecular complexity index is 696. The lowest BCUT2D eigenvalue weighted by molar-refractivity contribution is 0.0600. The molecule has 27 heavy (non-hydrogen) atoms. The van der Waals surface area contributed by atoms with E-state index in [1.807, 2.05) is 13.8 Å². The quantitative estimate of drug-likeness (QED) is 0.578. The van der Waals surface area contributed by atoms with Crippen molar-refractivity contribution in [3.8, 4) is 5.75 Å². The van der Waals surface area contributed by atoms with Crippen molar-refractivity contribution in [1.82, 2.24) is 13.5 Å². The third-order valence-corrected chi connectivity index (χ3v) is 6.83. The average molecular weight is 400 g/mol. The molecule has 1 aromatic rings. The Morgan fingerprint density at radius 3 is 2.19 bits per heavy atom. The number of piperazine rings is 1. The van der Waals surface area contributed by atoms with Gasteiger partial charge in [-0.2, -0.15) is 17.0 Å². The van der Waals surface area contributed by atoms with Crippen LogP contribution in [0.4, 0.5) is 0 Å². The van der Waals surface area contributed by atoms with Gasteiger partial charge in [-0.1, -0.05) is 13.8 Å². The highest BCUT2D eigenvalue weighted by Gasteiger charge is 2.30. The van der Waals surface area contributed by atoms with Crippen molar-refractivity contribution in [2.75, 3.05) is 59.5 Å². The fourth-order valence-electron chi connectivity index (χ4n) is 2.99. The molecule has 0 aliphatic carbocycles. The molecule has 0 atom stereocenters. The predicted molar refractivity (Wildman–Crippen MR) is 103 cm³/mol. The summed E-state index contributed by atoms with van der Waals surface area (Å²) in [6, 6.07) is 6.80. The first-order valence-corrected chi connectivity index (χ1v) is 10.6. The molecule has 2 rings (SSSR count). The second kappa shape index (κ2) is 10.0. The van der Waals surface area contributed by atoms with Crippen LogP contribution in [0.5, 0.6) is 5.75 Å². The lowest BCUT2D eigenvalue weighted by atomic mass is 10.2. The van der Waals surface area contributed by atoms with Gasteiger partial charge in [0.25, 0.3) is 10.2 Å². The van der Waals surface area contributed by atoms with Crippen molar-refractivity contribution in [2.45, 2.75) is 13.8 Å². The smallest absolute Gasteiger partial charge is 0.337 e. The minimum absolute atomic E-state index is 0.376. The maximum Gasteiger partial charge on any atom is 0.337 e. The molecule has 9 heteroatoms. The number of nitrogens with zero attached hydrogens (tertiary/aromatic N) is 3. The monoisotopic (exact) mass is 399 g/mol. The van der Waals surface area contributed by atoms with Gasteiger partial charge in [-0.25, -0.2) is 4.79 Å². The molecule has 1 aromatic carbocycles. The number of carbonyl (C=O) groups is 1. The van der Waals surface area contributed by atoms with E-state index in [1.54, 1.807) is 28.6 Å². The SMILES string of the molecule is CCN(CC)S(=O)(=O)N1CCN(CCOc2ccc(C(=O)OC)cc2)CC1. The molecule has 1 fully saturated rings. The summed E-state index contributed by atoms with van der Waals surface area (Å²) in [7, 11) is -2.01. The minimum atomic E-state index is -3.35. The van der Waals surface area contributed by atoms with Crippen LogP contribution in [0.2, 0.25) is 0 Å². The summed E-state index contributed by atoms with van der Waals surface area (Å²) >= 11 is 0. The molecule has 0 aromatic heterocycles. The van der Waals surface area contributed by atoms with Crippen molar-refractivity contribution in [3.05, 3.63) is 29.8 Å². The molecule has 0 amide bonds. The zero-order valence-electron chi connectivity index (χ0n) is 16.3. The minimum Gasteiger partial charge on any atom is -0.492 e. The number of hydrogen-bond donors (Lipinski definition) is 0. The van der Waals surface area contributed by atoms with E-state index in [-0.39, 0.29) is 5.97 Å². The topological polar surface area (TPSA) is 79.4 Å². The van der Waals surface area contributed by atoms with Crippen LogP contribution in [0.15, 0.2) is 24.3 Å².